The molecule has 1 aromatic rings. The van der Waals surface area contributed by atoms with Gasteiger partial charge in [0.2, 0.25) is 5.89 Å². The molecule has 0 amide bonds. The highest BCUT2D eigenvalue weighted by Crippen LogP contribution is 2.16. The van der Waals surface area contributed by atoms with Crippen molar-refractivity contribution >= 4 is 5.96 Å². The molecular weight excluding hydrogens is 230 g/mol. The van der Waals surface area contributed by atoms with Gasteiger partial charge in [0.05, 0.1) is 0 Å². The van der Waals surface area contributed by atoms with Crippen LogP contribution >= 0.6 is 0 Å². The molecule has 100 valence electrons. The van der Waals surface area contributed by atoms with Gasteiger partial charge in [0, 0.05) is 25.9 Å². The van der Waals surface area contributed by atoms with Crippen LogP contribution in [0.5, 0.6) is 0 Å². The standard InChI is InChI=1S/C12H21N5O/c1-9-15-11(17-18-9)7-8-14-12(13)16-10-5-3-2-4-6-10/h10H,2-8H2,1H3,(H3,13,14,16). The van der Waals surface area contributed by atoms with Gasteiger partial charge in [-0.1, -0.05) is 24.4 Å². The van der Waals surface area contributed by atoms with Crippen molar-refractivity contribution in [1.82, 2.24) is 15.5 Å². The summed E-state index contributed by atoms with van der Waals surface area (Å²) < 4.78 is 4.89. The molecule has 0 aromatic carbocycles. The van der Waals surface area contributed by atoms with E-state index < -0.39 is 0 Å². The van der Waals surface area contributed by atoms with Crippen molar-refractivity contribution in [3.63, 3.8) is 0 Å². The number of nitrogens with two attached hydrogens (primary N) is 1. The van der Waals surface area contributed by atoms with E-state index in [4.69, 9.17) is 10.3 Å². The topological polar surface area (TPSA) is 89.3 Å². The SMILES string of the molecule is Cc1nc(CCN=C(N)NC2CCCCC2)no1. The summed E-state index contributed by atoms with van der Waals surface area (Å²) in [6.45, 7) is 2.36. The van der Waals surface area contributed by atoms with Gasteiger partial charge < -0.3 is 15.6 Å². The number of aliphatic imine (C=N–C) groups is 1. The molecule has 0 radical (unpaired) electrons. The summed E-state index contributed by atoms with van der Waals surface area (Å²) in [5.74, 6) is 1.80. The Morgan fingerprint density at radius 1 is 1.44 bits per heavy atom. The summed E-state index contributed by atoms with van der Waals surface area (Å²) in [6.07, 6.45) is 6.96. The molecule has 1 fully saturated rings. The number of hydrogen-bond acceptors (Lipinski definition) is 4. The normalized spacial score (nSPS) is 17.9. The van der Waals surface area contributed by atoms with Crippen molar-refractivity contribution in [2.45, 2.75) is 51.5 Å². The fraction of sp³-hybridized carbons (Fsp3) is 0.750. The lowest BCUT2D eigenvalue weighted by molar-refractivity contribution is 0.387. The summed E-state index contributed by atoms with van der Waals surface area (Å²) in [6, 6.07) is 0.495. The molecule has 1 saturated carbocycles. The third-order valence-electron chi connectivity index (χ3n) is 3.14. The number of rotatable bonds is 4. The van der Waals surface area contributed by atoms with Crippen LogP contribution in [0.2, 0.25) is 0 Å². The molecule has 1 heterocycles. The van der Waals surface area contributed by atoms with Crippen molar-refractivity contribution in [2.24, 2.45) is 10.7 Å². The van der Waals surface area contributed by atoms with Gasteiger partial charge >= 0.3 is 0 Å². The lowest BCUT2D eigenvalue weighted by Crippen LogP contribution is -2.41. The number of aryl methyl sites for hydroxylation is 1. The Labute approximate surface area is 107 Å². The molecule has 0 bridgehead atoms. The molecule has 0 spiro atoms. The highest BCUT2D eigenvalue weighted by Gasteiger charge is 2.13. The number of nitrogens with one attached hydrogen (secondary N) is 1. The van der Waals surface area contributed by atoms with Crippen molar-refractivity contribution in [1.29, 1.82) is 0 Å². The fourth-order valence-corrected chi connectivity index (χ4v) is 2.22. The van der Waals surface area contributed by atoms with Crippen LogP contribution < -0.4 is 11.1 Å². The summed E-state index contributed by atoms with van der Waals surface area (Å²) in [7, 11) is 0. The van der Waals surface area contributed by atoms with Crippen LogP contribution in [-0.4, -0.2) is 28.7 Å². The van der Waals surface area contributed by atoms with Crippen molar-refractivity contribution in [3.05, 3.63) is 11.7 Å². The molecule has 6 heteroatoms. The second-order valence-electron chi connectivity index (χ2n) is 4.73. The molecular formula is C12H21N5O. The maximum atomic E-state index is 5.85. The van der Waals surface area contributed by atoms with Gasteiger partial charge in [0.15, 0.2) is 11.8 Å². The van der Waals surface area contributed by atoms with Gasteiger partial charge in [-0.2, -0.15) is 4.98 Å². The Morgan fingerprint density at radius 3 is 2.89 bits per heavy atom. The van der Waals surface area contributed by atoms with E-state index in [1.54, 1.807) is 6.92 Å². The second kappa shape index (κ2) is 6.37. The minimum absolute atomic E-state index is 0.495. The highest BCUT2D eigenvalue weighted by molar-refractivity contribution is 5.78. The highest BCUT2D eigenvalue weighted by atomic mass is 16.5. The number of guanidine groups is 1. The molecule has 3 N–H and O–H groups in total. The van der Waals surface area contributed by atoms with Crippen molar-refractivity contribution < 1.29 is 4.52 Å². The maximum absolute atomic E-state index is 5.85. The quantitative estimate of drug-likeness (QED) is 0.619. The molecule has 0 unspecified atom stereocenters. The number of nitrogens with zero attached hydrogens (tertiary/aromatic N) is 3. The Bertz CT molecular complexity index is 395. The Morgan fingerprint density at radius 2 is 2.22 bits per heavy atom. The van der Waals surface area contributed by atoms with E-state index in [1.807, 2.05) is 0 Å². The minimum Gasteiger partial charge on any atom is -0.370 e. The van der Waals surface area contributed by atoms with Crippen LogP contribution in [0.15, 0.2) is 9.52 Å². The monoisotopic (exact) mass is 251 g/mol. The van der Waals surface area contributed by atoms with Crippen molar-refractivity contribution in [3.8, 4) is 0 Å². The molecule has 1 aliphatic rings. The Hall–Kier alpha value is -1.59. The lowest BCUT2D eigenvalue weighted by Gasteiger charge is -2.23. The first-order chi connectivity index (χ1) is 8.74. The van der Waals surface area contributed by atoms with Crippen LogP contribution in [0.3, 0.4) is 0 Å². The van der Waals surface area contributed by atoms with Crippen LogP contribution in [0.1, 0.15) is 43.8 Å². The summed E-state index contributed by atoms with van der Waals surface area (Å²) in [5, 5.41) is 7.09. The second-order valence-corrected chi connectivity index (χ2v) is 4.73. The molecule has 6 nitrogen and oxygen atoms in total. The first-order valence-electron chi connectivity index (χ1n) is 6.59. The van der Waals surface area contributed by atoms with Gasteiger partial charge in [0.1, 0.15) is 0 Å². The van der Waals surface area contributed by atoms with E-state index in [1.165, 1.54) is 32.1 Å². The van der Waals surface area contributed by atoms with E-state index in [2.05, 4.69) is 20.4 Å². The molecule has 1 aliphatic carbocycles. The van der Waals surface area contributed by atoms with Gasteiger partial charge in [0.25, 0.3) is 0 Å². The first kappa shape index (κ1) is 12.9. The van der Waals surface area contributed by atoms with Gasteiger partial charge in [-0.05, 0) is 12.8 Å². The molecule has 2 rings (SSSR count). The van der Waals surface area contributed by atoms with E-state index in [9.17, 15) is 0 Å². The van der Waals surface area contributed by atoms with Crippen molar-refractivity contribution in [2.75, 3.05) is 6.54 Å². The molecule has 1 aromatic heterocycles. The van der Waals surface area contributed by atoms with Crippen LogP contribution in [0.25, 0.3) is 0 Å². The van der Waals surface area contributed by atoms with Gasteiger partial charge in [-0.25, -0.2) is 0 Å². The lowest BCUT2D eigenvalue weighted by atomic mass is 9.96. The number of aromatic nitrogens is 2. The maximum Gasteiger partial charge on any atom is 0.223 e. The predicted octanol–water partition coefficient (Wildman–Crippen LogP) is 1.16. The Balaban J connectivity index is 1.71. The summed E-state index contributed by atoms with van der Waals surface area (Å²) in [4.78, 5) is 8.40. The Kier molecular flexibility index (Phi) is 4.55. The first-order valence-corrected chi connectivity index (χ1v) is 6.59. The zero-order valence-electron chi connectivity index (χ0n) is 10.9. The van der Waals surface area contributed by atoms with Crippen LogP contribution in [-0.2, 0) is 6.42 Å². The third-order valence-corrected chi connectivity index (χ3v) is 3.14. The van der Waals surface area contributed by atoms with Gasteiger partial charge in [-0.15, -0.1) is 0 Å². The summed E-state index contributed by atoms with van der Waals surface area (Å²) >= 11 is 0. The van der Waals surface area contributed by atoms with Gasteiger partial charge in [-0.3, -0.25) is 4.99 Å². The summed E-state index contributed by atoms with van der Waals surface area (Å²) in [5.41, 5.74) is 5.85. The zero-order chi connectivity index (χ0) is 12.8. The van der Waals surface area contributed by atoms with Crippen LogP contribution in [0.4, 0.5) is 0 Å². The average molecular weight is 251 g/mol. The van der Waals surface area contributed by atoms with E-state index >= 15 is 0 Å². The minimum atomic E-state index is 0.495. The predicted molar refractivity (Wildman–Crippen MR) is 69.2 cm³/mol. The third kappa shape index (κ3) is 4.01. The number of hydrogen-bond donors (Lipinski definition) is 2. The zero-order valence-corrected chi connectivity index (χ0v) is 10.9. The van der Waals surface area contributed by atoms with E-state index in [0.29, 0.717) is 36.7 Å². The van der Waals surface area contributed by atoms with E-state index in [-0.39, 0.29) is 0 Å². The molecule has 0 saturated heterocycles. The van der Waals surface area contributed by atoms with Crippen LogP contribution in [0, 0.1) is 6.92 Å². The largest absolute Gasteiger partial charge is 0.370 e. The fourth-order valence-electron chi connectivity index (χ4n) is 2.22. The smallest absolute Gasteiger partial charge is 0.223 e. The average Bonchev–Trinajstić information content (AvgIpc) is 2.76. The molecule has 0 atom stereocenters. The van der Waals surface area contributed by atoms with E-state index in [0.717, 1.165) is 0 Å². The molecule has 18 heavy (non-hydrogen) atoms. The molecule has 0 aliphatic heterocycles.